The molecule has 0 spiro atoms. The molecular weight excluding hydrogens is 308 g/mol. The first-order valence-corrected chi connectivity index (χ1v) is 8.30. The molecule has 0 radical (unpaired) electrons. The molecule has 0 bridgehead atoms. The summed E-state index contributed by atoms with van der Waals surface area (Å²) in [6.07, 6.45) is 0.567. The Balaban J connectivity index is 1.69. The van der Waals surface area contributed by atoms with Gasteiger partial charge in [0, 0.05) is 10.8 Å². The molecule has 1 atom stereocenters. The quantitative estimate of drug-likeness (QED) is 0.623. The standard InChI is InChI=1S/C18H18N2O2S/c1-13(14-8-4-3-5-9-14)23-18-20-19-17(22-18)12-15-10-6-7-11-16(15)21-2/h3-11,13H,12H2,1-2H3. The lowest BCUT2D eigenvalue weighted by Gasteiger charge is -2.07. The van der Waals surface area contributed by atoms with E-state index in [0.29, 0.717) is 17.5 Å². The highest BCUT2D eigenvalue weighted by Crippen LogP contribution is 2.34. The molecule has 0 N–H and O–H groups in total. The van der Waals surface area contributed by atoms with Crippen LogP contribution in [-0.2, 0) is 6.42 Å². The van der Waals surface area contributed by atoms with Crippen LogP contribution in [0.4, 0.5) is 0 Å². The minimum absolute atomic E-state index is 0.260. The van der Waals surface area contributed by atoms with Crippen LogP contribution in [0, 0.1) is 0 Å². The van der Waals surface area contributed by atoms with Gasteiger partial charge in [-0.2, -0.15) is 0 Å². The summed E-state index contributed by atoms with van der Waals surface area (Å²) in [6, 6.07) is 18.1. The van der Waals surface area contributed by atoms with Crippen molar-refractivity contribution in [1.29, 1.82) is 0 Å². The number of hydrogen-bond donors (Lipinski definition) is 0. The summed E-state index contributed by atoms with van der Waals surface area (Å²) in [7, 11) is 1.66. The van der Waals surface area contributed by atoms with Gasteiger partial charge in [0.05, 0.1) is 13.5 Å². The van der Waals surface area contributed by atoms with Gasteiger partial charge in [0.1, 0.15) is 5.75 Å². The van der Waals surface area contributed by atoms with Crippen LogP contribution in [0.5, 0.6) is 5.75 Å². The van der Waals surface area contributed by atoms with Crippen LogP contribution in [0.2, 0.25) is 0 Å². The highest BCUT2D eigenvalue weighted by molar-refractivity contribution is 7.99. The molecule has 0 saturated heterocycles. The van der Waals surface area contributed by atoms with Gasteiger partial charge in [-0.05, 0) is 18.6 Å². The maximum absolute atomic E-state index is 5.76. The first kappa shape index (κ1) is 15.6. The predicted molar refractivity (Wildman–Crippen MR) is 90.8 cm³/mol. The van der Waals surface area contributed by atoms with E-state index in [4.69, 9.17) is 9.15 Å². The number of hydrogen-bond acceptors (Lipinski definition) is 5. The maximum atomic E-state index is 5.76. The molecule has 0 fully saturated rings. The predicted octanol–water partition coefficient (Wildman–Crippen LogP) is 4.52. The van der Waals surface area contributed by atoms with Gasteiger partial charge in [-0.25, -0.2) is 0 Å². The Kier molecular flexibility index (Phi) is 4.98. The lowest BCUT2D eigenvalue weighted by molar-refractivity contribution is 0.400. The Labute approximate surface area is 139 Å². The van der Waals surface area contributed by atoms with Crippen molar-refractivity contribution in [1.82, 2.24) is 10.2 Å². The highest BCUT2D eigenvalue weighted by Gasteiger charge is 2.14. The van der Waals surface area contributed by atoms with Crippen LogP contribution < -0.4 is 4.74 Å². The van der Waals surface area contributed by atoms with Crippen molar-refractivity contribution in [2.24, 2.45) is 0 Å². The number of ether oxygens (including phenoxy) is 1. The molecule has 5 heteroatoms. The lowest BCUT2D eigenvalue weighted by atomic mass is 10.1. The molecule has 0 aliphatic carbocycles. The fraction of sp³-hybridized carbons (Fsp3) is 0.222. The fourth-order valence-electron chi connectivity index (χ4n) is 2.31. The van der Waals surface area contributed by atoms with Crippen molar-refractivity contribution in [3.05, 3.63) is 71.6 Å². The second kappa shape index (κ2) is 7.33. The van der Waals surface area contributed by atoms with Crippen LogP contribution >= 0.6 is 11.8 Å². The van der Waals surface area contributed by atoms with Crippen LogP contribution in [0.1, 0.15) is 29.2 Å². The highest BCUT2D eigenvalue weighted by atomic mass is 32.2. The number of aromatic nitrogens is 2. The van der Waals surface area contributed by atoms with Gasteiger partial charge in [0.2, 0.25) is 5.89 Å². The molecule has 1 heterocycles. The molecule has 1 unspecified atom stereocenters. The molecule has 0 amide bonds. The summed E-state index contributed by atoms with van der Waals surface area (Å²) in [6.45, 7) is 2.13. The minimum atomic E-state index is 0.260. The third-order valence-corrected chi connectivity index (χ3v) is 4.52. The van der Waals surface area contributed by atoms with E-state index in [9.17, 15) is 0 Å². The lowest BCUT2D eigenvalue weighted by Crippen LogP contribution is -1.93. The number of thioether (sulfide) groups is 1. The van der Waals surface area contributed by atoms with E-state index in [-0.39, 0.29) is 5.25 Å². The van der Waals surface area contributed by atoms with E-state index in [1.165, 1.54) is 5.56 Å². The fourth-order valence-corrected chi connectivity index (χ4v) is 3.14. The van der Waals surface area contributed by atoms with Crippen LogP contribution in [0.25, 0.3) is 0 Å². The van der Waals surface area contributed by atoms with Gasteiger partial charge in [-0.15, -0.1) is 10.2 Å². The van der Waals surface area contributed by atoms with E-state index in [1.54, 1.807) is 18.9 Å². The molecule has 0 aliphatic rings. The second-order valence-electron chi connectivity index (χ2n) is 5.12. The molecule has 3 aromatic rings. The first-order chi connectivity index (χ1) is 11.3. The topological polar surface area (TPSA) is 48.2 Å². The van der Waals surface area contributed by atoms with Crippen molar-refractivity contribution in [2.45, 2.75) is 23.8 Å². The molecule has 118 valence electrons. The second-order valence-corrected chi connectivity index (χ2v) is 6.41. The average molecular weight is 326 g/mol. The summed E-state index contributed by atoms with van der Waals surface area (Å²) in [5.74, 6) is 1.43. The summed E-state index contributed by atoms with van der Waals surface area (Å²) in [5.41, 5.74) is 2.27. The van der Waals surface area contributed by atoms with Gasteiger partial charge in [0.25, 0.3) is 5.22 Å². The van der Waals surface area contributed by atoms with Crippen molar-refractivity contribution in [3.63, 3.8) is 0 Å². The zero-order chi connectivity index (χ0) is 16.1. The van der Waals surface area contributed by atoms with Gasteiger partial charge in [-0.1, -0.05) is 60.3 Å². The monoisotopic (exact) mass is 326 g/mol. The number of benzene rings is 2. The van der Waals surface area contributed by atoms with Crippen LogP contribution in [-0.4, -0.2) is 17.3 Å². The van der Waals surface area contributed by atoms with E-state index in [2.05, 4.69) is 29.3 Å². The molecule has 0 saturated carbocycles. The Hall–Kier alpha value is -2.27. The Morgan fingerprint density at radius 1 is 1.04 bits per heavy atom. The Bertz CT molecular complexity index is 758. The van der Waals surface area contributed by atoms with Crippen LogP contribution in [0.3, 0.4) is 0 Å². The number of nitrogens with zero attached hydrogens (tertiary/aromatic N) is 2. The largest absolute Gasteiger partial charge is 0.496 e. The van der Waals surface area contributed by atoms with Crippen molar-refractivity contribution in [3.8, 4) is 5.75 Å². The SMILES string of the molecule is COc1ccccc1Cc1nnc(SC(C)c2ccccc2)o1. The van der Waals surface area contributed by atoms with Crippen molar-refractivity contribution >= 4 is 11.8 Å². The summed E-state index contributed by atoms with van der Waals surface area (Å²) < 4.78 is 11.1. The summed E-state index contributed by atoms with van der Waals surface area (Å²) >= 11 is 1.57. The van der Waals surface area contributed by atoms with Crippen molar-refractivity contribution in [2.75, 3.05) is 7.11 Å². The van der Waals surface area contributed by atoms with Gasteiger partial charge >= 0.3 is 0 Å². The third-order valence-electron chi connectivity index (χ3n) is 3.53. The van der Waals surface area contributed by atoms with Crippen molar-refractivity contribution < 1.29 is 9.15 Å². The smallest absolute Gasteiger partial charge is 0.277 e. The molecule has 1 aromatic heterocycles. The molecule has 0 aliphatic heterocycles. The van der Waals surface area contributed by atoms with Crippen LogP contribution in [0.15, 0.2) is 64.2 Å². The number of para-hydroxylation sites is 1. The van der Waals surface area contributed by atoms with Gasteiger partial charge < -0.3 is 9.15 Å². The zero-order valence-electron chi connectivity index (χ0n) is 13.1. The van der Waals surface area contributed by atoms with Gasteiger partial charge in [0.15, 0.2) is 0 Å². The van der Waals surface area contributed by atoms with E-state index in [1.807, 2.05) is 42.5 Å². The molecule has 4 nitrogen and oxygen atoms in total. The molecule has 23 heavy (non-hydrogen) atoms. The van der Waals surface area contributed by atoms with E-state index in [0.717, 1.165) is 11.3 Å². The number of methoxy groups -OCH3 is 1. The van der Waals surface area contributed by atoms with Gasteiger partial charge in [-0.3, -0.25) is 0 Å². The summed E-state index contributed by atoms with van der Waals surface area (Å²) in [4.78, 5) is 0. The van der Waals surface area contributed by atoms with E-state index < -0.39 is 0 Å². The number of rotatable bonds is 6. The Morgan fingerprint density at radius 2 is 1.78 bits per heavy atom. The molecular formula is C18H18N2O2S. The Morgan fingerprint density at radius 3 is 2.57 bits per heavy atom. The van der Waals surface area contributed by atoms with E-state index >= 15 is 0 Å². The third kappa shape index (κ3) is 3.93. The first-order valence-electron chi connectivity index (χ1n) is 7.42. The zero-order valence-corrected chi connectivity index (χ0v) is 13.9. The minimum Gasteiger partial charge on any atom is -0.496 e. The normalized spacial score (nSPS) is 12.1. The maximum Gasteiger partial charge on any atom is 0.277 e. The average Bonchev–Trinajstić information content (AvgIpc) is 3.03. The molecule has 3 rings (SSSR count). The summed E-state index contributed by atoms with van der Waals surface area (Å²) in [5, 5.41) is 9.13. The molecule has 2 aromatic carbocycles.